The summed E-state index contributed by atoms with van der Waals surface area (Å²) in [6.07, 6.45) is 0. The van der Waals surface area contributed by atoms with Gasteiger partial charge in [0.05, 0.1) is 13.7 Å². The smallest absolute Gasteiger partial charge is 0.122 e. The number of benzene rings is 3. The number of methoxy groups -OCH3 is 1. The van der Waals surface area contributed by atoms with Crippen LogP contribution in [0.2, 0.25) is 0 Å². The van der Waals surface area contributed by atoms with E-state index < -0.39 is 0 Å². The van der Waals surface area contributed by atoms with Crippen molar-refractivity contribution in [1.82, 2.24) is 0 Å². The van der Waals surface area contributed by atoms with E-state index in [0.29, 0.717) is 0 Å². The Morgan fingerprint density at radius 1 is 0.800 bits per heavy atom. The fourth-order valence-electron chi connectivity index (χ4n) is 3.28. The van der Waals surface area contributed by atoms with Crippen LogP contribution in [0.1, 0.15) is 39.3 Å². The van der Waals surface area contributed by atoms with E-state index in [1.807, 2.05) is 13.0 Å². The van der Waals surface area contributed by atoms with Gasteiger partial charge in [0, 0.05) is 5.92 Å². The molecule has 0 aliphatic heterocycles. The van der Waals surface area contributed by atoms with Gasteiger partial charge in [0.15, 0.2) is 0 Å². The predicted octanol–water partition coefficient (Wildman–Crippen LogP) is 4.98. The van der Waals surface area contributed by atoms with Crippen LogP contribution >= 0.6 is 0 Å². The van der Waals surface area contributed by atoms with Crippen molar-refractivity contribution < 1.29 is 9.84 Å². The van der Waals surface area contributed by atoms with Gasteiger partial charge in [0.2, 0.25) is 0 Å². The van der Waals surface area contributed by atoms with E-state index in [2.05, 4.69) is 67.6 Å². The molecular weight excluding hydrogens is 308 g/mol. The summed E-state index contributed by atoms with van der Waals surface area (Å²) in [6, 6.07) is 23.2. The second-order valence-corrected chi connectivity index (χ2v) is 6.42. The molecule has 0 radical (unpaired) electrons. The van der Waals surface area contributed by atoms with Crippen LogP contribution in [0, 0.1) is 13.8 Å². The van der Waals surface area contributed by atoms with Crippen LogP contribution in [-0.4, -0.2) is 12.2 Å². The van der Waals surface area contributed by atoms with Crippen LogP contribution in [0.15, 0.2) is 66.7 Å². The van der Waals surface area contributed by atoms with E-state index in [4.69, 9.17) is 4.74 Å². The number of hydrogen-bond acceptors (Lipinski definition) is 2. The maximum absolute atomic E-state index is 9.66. The molecule has 0 spiro atoms. The minimum absolute atomic E-state index is 0.0540. The predicted molar refractivity (Wildman–Crippen MR) is 102 cm³/mol. The summed E-state index contributed by atoms with van der Waals surface area (Å²) in [7, 11) is 1.71. The van der Waals surface area contributed by atoms with Crippen LogP contribution in [0.3, 0.4) is 0 Å². The Kier molecular flexibility index (Phi) is 5.20. The molecule has 3 aromatic carbocycles. The van der Waals surface area contributed by atoms with Gasteiger partial charge in [0.25, 0.3) is 0 Å². The Hall–Kier alpha value is -2.58. The number of aliphatic hydroxyl groups excluding tert-OH is 1. The summed E-state index contributed by atoms with van der Waals surface area (Å²) in [5.41, 5.74) is 6.78. The van der Waals surface area contributed by atoms with Gasteiger partial charge in [-0.3, -0.25) is 0 Å². The van der Waals surface area contributed by atoms with E-state index in [0.717, 1.165) is 22.4 Å². The van der Waals surface area contributed by atoms with Gasteiger partial charge in [-0.2, -0.15) is 0 Å². The molecule has 0 saturated carbocycles. The maximum atomic E-state index is 9.66. The Morgan fingerprint density at radius 2 is 1.44 bits per heavy atom. The fraction of sp³-hybridized carbons (Fsp3) is 0.217. The SMILES string of the molecule is COc1cc(C(c2ccccc2)c2ccc(C)c(CO)c2)ccc1C. The molecule has 1 N–H and O–H groups in total. The van der Waals surface area contributed by atoms with Crippen molar-refractivity contribution in [3.63, 3.8) is 0 Å². The highest BCUT2D eigenvalue weighted by atomic mass is 16.5. The molecular formula is C23H24O2. The van der Waals surface area contributed by atoms with Crippen LogP contribution in [0.5, 0.6) is 5.75 Å². The normalized spacial score (nSPS) is 12.0. The zero-order valence-corrected chi connectivity index (χ0v) is 15.0. The molecule has 128 valence electrons. The number of aliphatic hydroxyl groups is 1. The highest BCUT2D eigenvalue weighted by molar-refractivity contribution is 5.48. The van der Waals surface area contributed by atoms with Gasteiger partial charge in [-0.25, -0.2) is 0 Å². The first-order valence-electron chi connectivity index (χ1n) is 8.53. The van der Waals surface area contributed by atoms with Crippen molar-refractivity contribution in [3.05, 3.63) is 100 Å². The quantitative estimate of drug-likeness (QED) is 0.667. The molecule has 25 heavy (non-hydrogen) atoms. The van der Waals surface area contributed by atoms with Gasteiger partial charge in [-0.05, 0) is 53.3 Å². The van der Waals surface area contributed by atoms with Crippen LogP contribution in [0.4, 0.5) is 0 Å². The summed E-state index contributed by atoms with van der Waals surface area (Å²) >= 11 is 0. The summed E-state index contributed by atoms with van der Waals surface area (Å²) < 4.78 is 5.53. The van der Waals surface area contributed by atoms with Gasteiger partial charge < -0.3 is 9.84 Å². The summed E-state index contributed by atoms with van der Waals surface area (Å²) in [5.74, 6) is 0.995. The van der Waals surface area contributed by atoms with Gasteiger partial charge >= 0.3 is 0 Å². The zero-order chi connectivity index (χ0) is 17.8. The van der Waals surface area contributed by atoms with Crippen LogP contribution < -0.4 is 4.74 Å². The first kappa shape index (κ1) is 17.2. The molecule has 0 saturated heterocycles. The van der Waals surface area contributed by atoms with E-state index in [1.165, 1.54) is 16.7 Å². The molecule has 3 aromatic rings. The third-order valence-electron chi connectivity index (χ3n) is 4.78. The molecule has 1 unspecified atom stereocenters. The van der Waals surface area contributed by atoms with Crippen molar-refractivity contribution >= 4 is 0 Å². The highest BCUT2D eigenvalue weighted by Crippen LogP contribution is 2.35. The van der Waals surface area contributed by atoms with E-state index >= 15 is 0 Å². The van der Waals surface area contributed by atoms with Gasteiger partial charge in [0.1, 0.15) is 5.75 Å². The molecule has 2 heteroatoms. The van der Waals surface area contributed by atoms with Gasteiger partial charge in [-0.1, -0.05) is 60.7 Å². The minimum atomic E-state index is 0.0540. The van der Waals surface area contributed by atoms with E-state index in [1.54, 1.807) is 7.11 Å². The third-order valence-corrected chi connectivity index (χ3v) is 4.78. The molecule has 3 rings (SSSR count). The van der Waals surface area contributed by atoms with Crippen molar-refractivity contribution in [2.24, 2.45) is 0 Å². The Bertz CT molecular complexity index is 800. The van der Waals surface area contributed by atoms with Crippen molar-refractivity contribution in [1.29, 1.82) is 0 Å². The first-order chi connectivity index (χ1) is 12.1. The highest BCUT2D eigenvalue weighted by Gasteiger charge is 2.18. The lowest BCUT2D eigenvalue weighted by Gasteiger charge is -2.21. The molecule has 0 bridgehead atoms. The van der Waals surface area contributed by atoms with Crippen LogP contribution in [-0.2, 0) is 6.61 Å². The number of rotatable bonds is 5. The van der Waals surface area contributed by atoms with Crippen molar-refractivity contribution in [2.75, 3.05) is 7.11 Å². The molecule has 0 aromatic heterocycles. The second-order valence-electron chi connectivity index (χ2n) is 6.42. The summed E-state index contributed by atoms with van der Waals surface area (Å²) in [6.45, 7) is 4.13. The fourth-order valence-corrected chi connectivity index (χ4v) is 3.28. The maximum Gasteiger partial charge on any atom is 0.122 e. The van der Waals surface area contributed by atoms with E-state index in [9.17, 15) is 5.11 Å². The molecule has 0 aliphatic rings. The molecule has 1 atom stereocenters. The lowest BCUT2D eigenvalue weighted by Crippen LogP contribution is -2.05. The summed E-state index contributed by atoms with van der Waals surface area (Å²) in [4.78, 5) is 0. The monoisotopic (exact) mass is 332 g/mol. The molecule has 0 heterocycles. The topological polar surface area (TPSA) is 29.5 Å². The lowest BCUT2D eigenvalue weighted by molar-refractivity contribution is 0.281. The standard InChI is InChI=1S/C23H24O2/c1-16-9-11-19(13-21(16)15-24)23(18-7-5-4-6-8-18)20-12-10-17(2)22(14-20)25-3/h4-14,23-24H,15H2,1-3H3. The Morgan fingerprint density at radius 3 is 2.08 bits per heavy atom. The minimum Gasteiger partial charge on any atom is -0.496 e. The molecule has 0 aliphatic carbocycles. The van der Waals surface area contributed by atoms with Gasteiger partial charge in [-0.15, -0.1) is 0 Å². The molecule has 0 amide bonds. The van der Waals surface area contributed by atoms with Crippen molar-refractivity contribution in [3.8, 4) is 5.75 Å². The number of aryl methyl sites for hydroxylation is 2. The second kappa shape index (κ2) is 7.54. The largest absolute Gasteiger partial charge is 0.496 e. The third kappa shape index (κ3) is 3.59. The average Bonchev–Trinajstić information content (AvgIpc) is 2.65. The zero-order valence-electron chi connectivity index (χ0n) is 15.0. The summed E-state index contributed by atoms with van der Waals surface area (Å²) in [5, 5.41) is 9.66. The Balaban J connectivity index is 2.17. The molecule has 0 fully saturated rings. The van der Waals surface area contributed by atoms with Crippen LogP contribution in [0.25, 0.3) is 0 Å². The number of ether oxygens (including phenoxy) is 1. The number of hydrogen-bond donors (Lipinski definition) is 1. The average molecular weight is 332 g/mol. The molecule has 2 nitrogen and oxygen atoms in total. The van der Waals surface area contributed by atoms with Crippen molar-refractivity contribution in [2.45, 2.75) is 26.4 Å². The lowest BCUT2D eigenvalue weighted by atomic mass is 9.83. The van der Waals surface area contributed by atoms with E-state index in [-0.39, 0.29) is 12.5 Å². The first-order valence-corrected chi connectivity index (χ1v) is 8.53. The Labute approximate surface area is 149 Å².